The molecule has 4 nitrogen and oxygen atoms in total. The summed E-state index contributed by atoms with van der Waals surface area (Å²) in [4.78, 5) is 25.8. The molecule has 0 aliphatic rings. The number of aromatic nitrogens is 1. The highest BCUT2D eigenvalue weighted by Crippen LogP contribution is 2.01. The number of rotatable bonds is 4. The summed E-state index contributed by atoms with van der Waals surface area (Å²) in [7, 11) is 0. The van der Waals surface area contributed by atoms with Crippen molar-refractivity contribution in [3.63, 3.8) is 0 Å². The molecule has 0 unspecified atom stereocenters. The molecule has 4 heteroatoms. The van der Waals surface area contributed by atoms with Gasteiger partial charge in [0.25, 0.3) is 0 Å². The number of esters is 1. The summed E-state index contributed by atoms with van der Waals surface area (Å²) in [6.45, 7) is 3.33. The number of hydrogen-bond acceptors (Lipinski definition) is 4. The van der Waals surface area contributed by atoms with E-state index in [1.807, 2.05) is 19.1 Å². The standard InChI is InChI=1S/C11H13NO3/c1-8-4-3-5-10(12-8)7-15-11(14)6-9(2)13/h3-5H,6-7H2,1-2H3. The molecule has 1 aromatic rings. The molecule has 0 amide bonds. The Morgan fingerprint density at radius 2 is 2.13 bits per heavy atom. The Bertz CT molecular complexity index is 374. The van der Waals surface area contributed by atoms with Gasteiger partial charge in [0.2, 0.25) is 0 Å². The number of aryl methyl sites for hydroxylation is 1. The third-order valence-corrected chi connectivity index (χ3v) is 1.72. The number of ketones is 1. The molecular weight excluding hydrogens is 194 g/mol. The molecule has 0 saturated carbocycles. The Morgan fingerprint density at radius 1 is 1.40 bits per heavy atom. The first-order valence-electron chi connectivity index (χ1n) is 4.65. The van der Waals surface area contributed by atoms with E-state index in [1.54, 1.807) is 6.07 Å². The van der Waals surface area contributed by atoms with Gasteiger partial charge in [-0.3, -0.25) is 14.6 Å². The molecule has 80 valence electrons. The molecule has 0 aromatic carbocycles. The lowest BCUT2D eigenvalue weighted by molar-refractivity contribution is -0.147. The van der Waals surface area contributed by atoms with Crippen LogP contribution in [-0.2, 0) is 20.9 Å². The Kier molecular flexibility index (Phi) is 3.97. The number of ether oxygens (including phenoxy) is 1. The van der Waals surface area contributed by atoms with E-state index >= 15 is 0 Å². The molecule has 1 rings (SSSR count). The van der Waals surface area contributed by atoms with Gasteiger partial charge < -0.3 is 4.74 Å². The van der Waals surface area contributed by atoms with Gasteiger partial charge in [-0.25, -0.2) is 0 Å². The SMILES string of the molecule is CC(=O)CC(=O)OCc1cccc(C)n1. The van der Waals surface area contributed by atoms with E-state index in [-0.39, 0.29) is 18.8 Å². The highest BCUT2D eigenvalue weighted by atomic mass is 16.5. The molecule has 0 saturated heterocycles. The number of carbonyl (C=O) groups is 2. The molecule has 0 atom stereocenters. The molecule has 1 heterocycles. The minimum absolute atomic E-state index is 0.119. The van der Waals surface area contributed by atoms with E-state index in [0.717, 1.165) is 5.69 Å². The van der Waals surface area contributed by atoms with Gasteiger partial charge in [-0.15, -0.1) is 0 Å². The van der Waals surface area contributed by atoms with Gasteiger partial charge in [-0.05, 0) is 26.0 Å². The fourth-order valence-corrected chi connectivity index (χ4v) is 1.09. The van der Waals surface area contributed by atoms with Crippen LogP contribution in [0.5, 0.6) is 0 Å². The van der Waals surface area contributed by atoms with Gasteiger partial charge >= 0.3 is 5.97 Å². The number of nitrogens with zero attached hydrogens (tertiary/aromatic N) is 1. The normalized spacial score (nSPS) is 9.73. The van der Waals surface area contributed by atoms with Crippen molar-refractivity contribution in [1.29, 1.82) is 0 Å². The fraction of sp³-hybridized carbons (Fsp3) is 0.364. The molecule has 0 aliphatic heterocycles. The first-order chi connectivity index (χ1) is 7.08. The summed E-state index contributed by atoms with van der Waals surface area (Å²) in [5, 5.41) is 0. The van der Waals surface area contributed by atoms with Crippen molar-refractivity contribution in [2.75, 3.05) is 0 Å². The molecule has 1 aromatic heterocycles. The molecule has 0 spiro atoms. The Balaban J connectivity index is 2.43. The zero-order valence-corrected chi connectivity index (χ0v) is 8.82. The fourth-order valence-electron chi connectivity index (χ4n) is 1.09. The average Bonchev–Trinajstić information content (AvgIpc) is 2.14. The summed E-state index contributed by atoms with van der Waals surface area (Å²) < 4.78 is 4.87. The predicted octanol–water partition coefficient (Wildman–Crippen LogP) is 1.41. The van der Waals surface area contributed by atoms with Crippen LogP contribution < -0.4 is 0 Å². The lowest BCUT2D eigenvalue weighted by atomic mass is 10.3. The van der Waals surface area contributed by atoms with E-state index < -0.39 is 5.97 Å². The van der Waals surface area contributed by atoms with Crippen LogP contribution in [0.15, 0.2) is 18.2 Å². The van der Waals surface area contributed by atoms with Crippen molar-refractivity contribution in [2.24, 2.45) is 0 Å². The Labute approximate surface area is 88.3 Å². The maximum atomic E-state index is 11.0. The molecule has 15 heavy (non-hydrogen) atoms. The van der Waals surface area contributed by atoms with E-state index in [9.17, 15) is 9.59 Å². The second kappa shape index (κ2) is 5.24. The smallest absolute Gasteiger partial charge is 0.313 e. The van der Waals surface area contributed by atoms with Crippen LogP contribution in [0.4, 0.5) is 0 Å². The lowest BCUT2D eigenvalue weighted by Crippen LogP contribution is -2.09. The van der Waals surface area contributed by atoms with Crippen molar-refractivity contribution in [2.45, 2.75) is 26.9 Å². The van der Waals surface area contributed by atoms with Gasteiger partial charge in [0.1, 0.15) is 18.8 Å². The van der Waals surface area contributed by atoms with Gasteiger partial charge in [-0.2, -0.15) is 0 Å². The van der Waals surface area contributed by atoms with E-state index in [4.69, 9.17) is 4.74 Å². The van der Waals surface area contributed by atoms with Crippen molar-refractivity contribution >= 4 is 11.8 Å². The topological polar surface area (TPSA) is 56.3 Å². The molecule has 0 bridgehead atoms. The number of hydrogen-bond donors (Lipinski definition) is 0. The minimum Gasteiger partial charge on any atom is -0.459 e. The predicted molar refractivity (Wildman–Crippen MR) is 54.1 cm³/mol. The number of Topliss-reactive ketones (excluding diaryl/α,β-unsaturated/α-hetero) is 1. The van der Waals surface area contributed by atoms with Gasteiger partial charge in [0.05, 0.1) is 5.69 Å². The first kappa shape index (κ1) is 11.4. The molecular formula is C11H13NO3. The number of pyridine rings is 1. The zero-order chi connectivity index (χ0) is 11.3. The zero-order valence-electron chi connectivity index (χ0n) is 8.82. The monoisotopic (exact) mass is 207 g/mol. The van der Waals surface area contributed by atoms with Crippen LogP contribution in [0.1, 0.15) is 24.7 Å². The van der Waals surface area contributed by atoms with Crippen LogP contribution in [0.2, 0.25) is 0 Å². The molecule has 0 N–H and O–H groups in total. The van der Waals surface area contributed by atoms with Crippen LogP contribution in [0, 0.1) is 6.92 Å². The van der Waals surface area contributed by atoms with Gasteiger partial charge in [-0.1, -0.05) is 6.07 Å². The van der Waals surface area contributed by atoms with E-state index in [1.165, 1.54) is 6.92 Å². The van der Waals surface area contributed by atoms with Crippen LogP contribution >= 0.6 is 0 Å². The number of carbonyl (C=O) groups excluding carboxylic acids is 2. The average molecular weight is 207 g/mol. The van der Waals surface area contributed by atoms with Gasteiger partial charge in [0, 0.05) is 5.69 Å². The summed E-state index contributed by atoms with van der Waals surface area (Å²) >= 11 is 0. The third-order valence-electron chi connectivity index (χ3n) is 1.72. The van der Waals surface area contributed by atoms with Crippen LogP contribution in [0.25, 0.3) is 0 Å². The maximum Gasteiger partial charge on any atom is 0.313 e. The van der Waals surface area contributed by atoms with Crippen molar-refractivity contribution in [1.82, 2.24) is 4.98 Å². The van der Waals surface area contributed by atoms with E-state index in [0.29, 0.717) is 5.69 Å². The highest BCUT2D eigenvalue weighted by Gasteiger charge is 2.06. The quantitative estimate of drug-likeness (QED) is 0.553. The van der Waals surface area contributed by atoms with Crippen molar-refractivity contribution in [3.05, 3.63) is 29.6 Å². The van der Waals surface area contributed by atoms with Gasteiger partial charge in [0.15, 0.2) is 0 Å². The summed E-state index contributed by atoms with van der Waals surface area (Å²) in [6, 6.07) is 5.48. The molecule has 0 radical (unpaired) electrons. The summed E-state index contributed by atoms with van der Waals surface area (Å²) in [5.74, 6) is -0.706. The largest absolute Gasteiger partial charge is 0.459 e. The minimum atomic E-state index is -0.509. The second-order valence-electron chi connectivity index (χ2n) is 3.31. The van der Waals surface area contributed by atoms with Crippen molar-refractivity contribution in [3.8, 4) is 0 Å². The maximum absolute atomic E-state index is 11.0. The first-order valence-corrected chi connectivity index (χ1v) is 4.65. The lowest BCUT2D eigenvalue weighted by Gasteiger charge is -2.03. The Morgan fingerprint density at radius 3 is 2.73 bits per heavy atom. The Hall–Kier alpha value is -1.71. The van der Waals surface area contributed by atoms with E-state index in [2.05, 4.69) is 4.98 Å². The second-order valence-corrected chi connectivity index (χ2v) is 3.31. The molecule has 0 aliphatic carbocycles. The summed E-state index contributed by atoms with van der Waals surface area (Å²) in [5.41, 5.74) is 1.56. The van der Waals surface area contributed by atoms with Crippen molar-refractivity contribution < 1.29 is 14.3 Å². The summed E-state index contributed by atoms with van der Waals surface area (Å²) in [6.07, 6.45) is -0.175. The third kappa shape index (κ3) is 4.35. The van der Waals surface area contributed by atoms with Crippen LogP contribution in [-0.4, -0.2) is 16.7 Å². The van der Waals surface area contributed by atoms with Crippen LogP contribution in [0.3, 0.4) is 0 Å². The highest BCUT2D eigenvalue weighted by molar-refractivity contribution is 5.94. The molecule has 0 fully saturated rings.